The molecule has 2 aromatic rings. The Balaban J connectivity index is 0.00000120. The van der Waals surface area contributed by atoms with Gasteiger partial charge in [-0.05, 0) is 12.5 Å². The van der Waals surface area contributed by atoms with Gasteiger partial charge in [0.25, 0.3) is 0 Å². The third kappa shape index (κ3) is 6.75. The molecule has 0 spiro atoms. The Labute approximate surface area is 271 Å². The van der Waals surface area contributed by atoms with E-state index in [0.717, 1.165) is 7.11 Å². The van der Waals surface area contributed by atoms with Crippen molar-refractivity contribution in [2.75, 3.05) is 47.2 Å². The summed E-state index contributed by atoms with van der Waals surface area (Å²) in [6, 6.07) is 4.43. The van der Waals surface area contributed by atoms with Gasteiger partial charge in [-0.25, -0.2) is 0 Å². The van der Waals surface area contributed by atoms with E-state index in [2.05, 4.69) is 18.2 Å². The maximum absolute atomic E-state index is 13.7. The fourth-order valence-corrected chi connectivity index (χ4v) is 6.36. The van der Waals surface area contributed by atoms with Crippen LogP contribution in [0, 0.1) is 12.8 Å². The number of aromatic hydroxyl groups is 2. The monoisotopic (exact) mass is 657 g/mol. The average molecular weight is 658 g/mol. The highest BCUT2D eigenvalue weighted by atomic mass is 16.7. The number of fused-ring (bicyclic) bond motifs is 3. The maximum Gasteiger partial charge on any atom is 0.202 e. The molecule has 2 aliphatic carbocycles. The second kappa shape index (κ2) is 15.3. The van der Waals surface area contributed by atoms with Crippen LogP contribution in [0.5, 0.6) is 17.2 Å². The molecule has 2 aliphatic heterocycles. The number of carbonyl (C=O) groups is 3. The highest BCUT2D eigenvalue weighted by Crippen LogP contribution is 2.52. The first-order chi connectivity index (χ1) is 22.7. The quantitative estimate of drug-likeness (QED) is 0.151. The summed E-state index contributed by atoms with van der Waals surface area (Å²) in [7, 11) is 2.34. The third-order valence-electron chi connectivity index (χ3n) is 8.49. The van der Waals surface area contributed by atoms with Crippen molar-refractivity contribution in [3.63, 3.8) is 0 Å². The number of benzene rings is 2. The second-order valence-corrected chi connectivity index (χ2v) is 11.1. The molecular weight excluding hydrogens is 618 g/mol. The number of aliphatic hydroxyl groups is 3. The molecule has 0 radical (unpaired) electrons. The fraction of sp³-hybridized carbons (Fsp3) is 0.485. The number of morpholine rings is 1. The number of nitrogens with one attached hydrogen (secondary N) is 1. The molecule has 14 nitrogen and oxygen atoms in total. The number of aliphatic hydroxyl groups excluding tert-OH is 2. The Morgan fingerprint density at radius 1 is 1.04 bits per heavy atom. The average Bonchev–Trinajstić information content (AvgIpc) is 3.10. The van der Waals surface area contributed by atoms with E-state index < -0.39 is 77.4 Å². The van der Waals surface area contributed by atoms with Crippen molar-refractivity contribution < 1.29 is 63.6 Å². The van der Waals surface area contributed by atoms with Gasteiger partial charge in [0.1, 0.15) is 35.7 Å². The molecule has 2 aromatic carbocycles. The molecule has 6 rings (SSSR count). The van der Waals surface area contributed by atoms with Crippen molar-refractivity contribution in [2.24, 2.45) is 0 Å². The summed E-state index contributed by atoms with van der Waals surface area (Å²) < 4.78 is 28.8. The number of ether oxygens (including phenoxy) is 5. The lowest BCUT2D eigenvalue weighted by molar-refractivity contribution is -0.233. The smallest absolute Gasteiger partial charge is 0.202 e. The van der Waals surface area contributed by atoms with Crippen LogP contribution in [0.4, 0.5) is 0 Å². The van der Waals surface area contributed by atoms with Crippen LogP contribution in [0.2, 0.25) is 0 Å². The predicted molar refractivity (Wildman–Crippen MR) is 163 cm³/mol. The van der Waals surface area contributed by atoms with Crippen LogP contribution in [-0.2, 0) is 30.2 Å². The molecule has 0 amide bonds. The summed E-state index contributed by atoms with van der Waals surface area (Å²) in [5.41, 5.74) is -3.33. The molecule has 2 saturated heterocycles. The van der Waals surface area contributed by atoms with Gasteiger partial charge in [0, 0.05) is 49.6 Å². The van der Waals surface area contributed by atoms with Crippen molar-refractivity contribution >= 4 is 17.3 Å². The van der Waals surface area contributed by atoms with Gasteiger partial charge in [0.15, 0.2) is 17.9 Å². The summed E-state index contributed by atoms with van der Waals surface area (Å²) in [5, 5.41) is 54.2. The minimum Gasteiger partial charge on any atom is -0.507 e. The SMILES string of the molecule is C#C.CO.COc1cccc2c1C(=O)c1c(O)c3c(c(O)c1C2=O)C[C@@](O)(C(=O)CO)C[C@@H]3O[C@H]1CC[C@H](O[C@@H]2COCCN2)CO1. The zero-order valence-electron chi connectivity index (χ0n) is 26.1. The van der Waals surface area contributed by atoms with Gasteiger partial charge in [-0.2, -0.15) is 0 Å². The topological polar surface area (TPSA) is 211 Å². The summed E-state index contributed by atoms with van der Waals surface area (Å²) >= 11 is 0. The van der Waals surface area contributed by atoms with Gasteiger partial charge >= 0.3 is 0 Å². The maximum atomic E-state index is 13.7. The molecule has 0 aromatic heterocycles. The number of methoxy groups -OCH3 is 1. The Kier molecular flexibility index (Phi) is 11.7. The molecule has 5 atom stereocenters. The second-order valence-electron chi connectivity index (χ2n) is 11.1. The van der Waals surface area contributed by atoms with Crippen LogP contribution in [0.15, 0.2) is 18.2 Å². The van der Waals surface area contributed by atoms with Crippen LogP contribution in [-0.4, -0.2) is 114 Å². The highest BCUT2D eigenvalue weighted by molar-refractivity contribution is 6.31. The molecule has 0 unspecified atom stereocenters. The highest BCUT2D eigenvalue weighted by Gasteiger charge is 2.49. The molecular formula is C33H39NO13. The molecule has 0 bridgehead atoms. The minimum absolute atomic E-state index is 0.0285. The van der Waals surface area contributed by atoms with Gasteiger partial charge in [-0.15, -0.1) is 12.8 Å². The Bertz CT molecular complexity index is 1510. The van der Waals surface area contributed by atoms with Gasteiger partial charge < -0.3 is 49.2 Å². The molecule has 6 N–H and O–H groups in total. The van der Waals surface area contributed by atoms with Gasteiger partial charge in [-0.1, -0.05) is 12.1 Å². The third-order valence-corrected chi connectivity index (χ3v) is 8.49. The van der Waals surface area contributed by atoms with E-state index in [0.29, 0.717) is 32.6 Å². The Morgan fingerprint density at radius 2 is 1.77 bits per heavy atom. The molecule has 2 heterocycles. The van der Waals surface area contributed by atoms with E-state index in [-0.39, 0.29) is 46.9 Å². The summed E-state index contributed by atoms with van der Waals surface area (Å²) in [5.74, 6) is -3.55. The number of ketones is 3. The van der Waals surface area contributed by atoms with Crippen LogP contribution in [0.25, 0.3) is 0 Å². The van der Waals surface area contributed by atoms with Crippen molar-refractivity contribution in [1.82, 2.24) is 5.32 Å². The fourth-order valence-electron chi connectivity index (χ4n) is 6.36. The number of phenolic OH excluding ortho intramolecular Hbond substituents is 2. The van der Waals surface area contributed by atoms with Crippen molar-refractivity contribution in [3.8, 4) is 30.1 Å². The normalized spacial score (nSPS) is 26.3. The van der Waals surface area contributed by atoms with E-state index in [1.54, 1.807) is 0 Å². The number of carbonyl (C=O) groups excluding carboxylic acids is 3. The van der Waals surface area contributed by atoms with Crippen LogP contribution < -0.4 is 10.1 Å². The lowest BCUT2D eigenvalue weighted by Crippen LogP contribution is -2.48. The number of hydrogen-bond acceptors (Lipinski definition) is 14. The van der Waals surface area contributed by atoms with E-state index in [4.69, 9.17) is 28.8 Å². The van der Waals surface area contributed by atoms with Crippen LogP contribution >= 0.6 is 0 Å². The zero-order valence-corrected chi connectivity index (χ0v) is 26.1. The predicted octanol–water partition coefficient (Wildman–Crippen LogP) is 0.504. The van der Waals surface area contributed by atoms with E-state index in [1.165, 1.54) is 25.3 Å². The van der Waals surface area contributed by atoms with E-state index in [9.17, 15) is 34.8 Å². The van der Waals surface area contributed by atoms with Crippen molar-refractivity contribution in [2.45, 2.75) is 56.0 Å². The largest absolute Gasteiger partial charge is 0.507 e. The number of terminal acetylenes is 1. The molecule has 2 fully saturated rings. The molecule has 4 aliphatic rings. The molecule has 47 heavy (non-hydrogen) atoms. The van der Waals surface area contributed by atoms with E-state index in [1.807, 2.05) is 0 Å². The van der Waals surface area contributed by atoms with Crippen molar-refractivity contribution in [3.05, 3.63) is 51.6 Å². The molecule has 254 valence electrons. The molecule has 14 heteroatoms. The van der Waals surface area contributed by atoms with E-state index >= 15 is 0 Å². The first-order valence-electron chi connectivity index (χ1n) is 14.9. The Hall–Kier alpha value is -3.91. The van der Waals surface area contributed by atoms with Gasteiger partial charge in [0.05, 0.1) is 55.8 Å². The Morgan fingerprint density at radius 3 is 2.38 bits per heavy atom. The summed E-state index contributed by atoms with van der Waals surface area (Å²) in [6.45, 7) is 0.882. The number of rotatable bonds is 7. The number of phenols is 2. The molecule has 0 saturated carbocycles. The lowest BCUT2D eigenvalue weighted by Gasteiger charge is -2.40. The standard InChI is InChI=1S/C30H33NO12.C2H2.CH4O/c1-39-17-4-2-3-15-22(17)28(36)25-24(26(15)34)27(35)16-9-30(38,19(33)11-32)10-18(23(16)29(25)37)43-21-6-5-14(12-41-21)42-20-13-40-8-7-31-20;2*1-2/h2-4,14,18,20-21,31-32,35,37-38H,5-13H2,1H3;1-2H;2H,1H3/t14-,18-,20+,21-,30-;;/m0../s1. The van der Waals surface area contributed by atoms with Gasteiger partial charge in [-0.3, -0.25) is 19.7 Å². The number of hydrogen-bond donors (Lipinski definition) is 6. The summed E-state index contributed by atoms with van der Waals surface area (Å²) in [4.78, 5) is 40.0. The van der Waals surface area contributed by atoms with Crippen LogP contribution in [0.3, 0.4) is 0 Å². The van der Waals surface area contributed by atoms with Crippen LogP contribution in [0.1, 0.15) is 68.3 Å². The number of Topliss-reactive ketones (excluding diaryl/α,β-unsaturated/α-hetero) is 1. The first kappa shape index (κ1) is 35.9. The van der Waals surface area contributed by atoms with Crippen molar-refractivity contribution in [1.29, 1.82) is 0 Å². The zero-order chi connectivity index (χ0) is 34.5. The first-order valence-corrected chi connectivity index (χ1v) is 14.9. The van der Waals surface area contributed by atoms with Gasteiger partial charge in [0.2, 0.25) is 5.78 Å². The lowest BCUT2D eigenvalue weighted by atomic mass is 9.72. The summed E-state index contributed by atoms with van der Waals surface area (Å²) in [6.07, 6.45) is 5.36. The minimum atomic E-state index is -2.19.